The lowest BCUT2D eigenvalue weighted by atomic mass is 10.0. The fourth-order valence-corrected chi connectivity index (χ4v) is 4.81. The number of hydrogen-bond donors (Lipinski definition) is 2. The molecule has 6 heteroatoms. The van der Waals surface area contributed by atoms with E-state index in [-0.39, 0.29) is 5.75 Å². The van der Waals surface area contributed by atoms with Crippen LogP contribution in [-0.2, 0) is 21.1 Å². The van der Waals surface area contributed by atoms with Crippen LogP contribution < -0.4 is 10.6 Å². The van der Waals surface area contributed by atoms with Gasteiger partial charge >= 0.3 is 0 Å². The zero-order chi connectivity index (χ0) is 14.9. The molecule has 1 fully saturated rings. The molecule has 1 amide bonds. The average Bonchev–Trinajstić information content (AvgIpc) is 2.46. The Kier molecular flexibility index (Phi) is 3.89. The molecule has 1 unspecified atom stereocenters. The second-order valence-corrected chi connectivity index (χ2v) is 8.05. The third-order valence-corrected chi connectivity index (χ3v) is 6.36. The fourth-order valence-electron chi connectivity index (χ4n) is 3.01. The van der Waals surface area contributed by atoms with Crippen molar-refractivity contribution >= 4 is 27.1 Å². The Morgan fingerprint density at radius 2 is 2.10 bits per heavy atom. The number of benzene rings is 1. The zero-order valence-electron chi connectivity index (χ0n) is 11.9. The molecule has 5 nitrogen and oxygen atoms in total. The minimum atomic E-state index is -3.29. The molecule has 2 aliphatic heterocycles. The van der Waals surface area contributed by atoms with Gasteiger partial charge in [-0.15, -0.1) is 0 Å². The van der Waals surface area contributed by atoms with Gasteiger partial charge in [0, 0.05) is 17.9 Å². The number of amides is 1. The van der Waals surface area contributed by atoms with Crippen LogP contribution in [0.3, 0.4) is 0 Å². The van der Waals surface area contributed by atoms with E-state index in [0.29, 0.717) is 18.5 Å². The molecular formula is C15H20N2O3S. The predicted octanol–water partition coefficient (Wildman–Crippen LogP) is 1.95. The third kappa shape index (κ3) is 3.05. The third-order valence-electron chi connectivity index (χ3n) is 4.19. The first-order valence-electron chi connectivity index (χ1n) is 7.45. The van der Waals surface area contributed by atoms with E-state index < -0.39 is 21.0 Å². The highest BCUT2D eigenvalue weighted by atomic mass is 32.2. The van der Waals surface area contributed by atoms with E-state index in [0.717, 1.165) is 31.5 Å². The highest BCUT2D eigenvalue weighted by molar-refractivity contribution is 7.92. The van der Waals surface area contributed by atoms with Crippen LogP contribution in [0.15, 0.2) is 18.2 Å². The van der Waals surface area contributed by atoms with Crippen molar-refractivity contribution in [3.63, 3.8) is 0 Å². The molecule has 1 saturated heterocycles. The number of carbonyl (C=O) groups is 1. The minimum Gasteiger partial charge on any atom is -0.385 e. The Morgan fingerprint density at radius 3 is 2.90 bits per heavy atom. The predicted molar refractivity (Wildman–Crippen MR) is 83.3 cm³/mol. The summed E-state index contributed by atoms with van der Waals surface area (Å²) in [7, 11) is -3.29. The lowest BCUT2D eigenvalue weighted by Gasteiger charge is -2.22. The summed E-state index contributed by atoms with van der Waals surface area (Å²) in [5, 5.41) is 5.17. The van der Waals surface area contributed by atoms with Crippen LogP contribution in [0.1, 0.15) is 31.2 Å². The lowest BCUT2D eigenvalue weighted by molar-refractivity contribution is -0.116. The van der Waals surface area contributed by atoms with Crippen molar-refractivity contribution in [2.24, 2.45) is 0 Å². The van der Waals surface area contributed by atoms with Gasteiger partial charge in [-0.05, 0) is 43.4 Å². The summed E-state index contributed by atoms with van der Waals surface area (Å²) < 4.78 is 23.9. The fraction of sp³-hybridized carbons (Fsp3) is 0.533. The molecule has 2 N–H and O–H groups in total. The Bertz CT molecular complexity index is 655. The van der Waals surface area contributed by atoms with Gasteiger partial charge in [-0.25, -0.2) is 8.42 Å². The minimum absolute atomic E-state index is 0.122. The number of fused-ring (bicyclic) bond motifs is 1. The van der Waals surface area contributed by atoms with Crippen molar-refractivity contribution < 1.29 is 13.2 Å². The molecule has 0 aromatic heterocycles. The van der Waals surface area contributed by atoms with Crippen LogP contribution in [0.4, 0.5) is 11.4 Å². The number of rotatable bonds is 2. The summed E-state index contributed by atoms with van der Waals surface area (Å²) in [6.07, 6.45) is 4.03. The lowest BCUT2D eigenvalue weighted by Crippen LogP contribution is -2.39. The van der Waals surface area contributed by atoms with Gasteiger partial charge in [0.15, 0.2) is 9.84 Å². The SMILES string of the molecule is O=C(Nc1ccc2c(c1)NCCC2)C1CCCCS1(=O)=O. The van der Waals surface area contributed by atoms with Gasteiger partial charge in [0.1, 0.15) is 5.25 Å². The molecule has 21 heavy (non-hydrogen) atoms. The summed E-state index contributed by atoms with van der Waals surface area (Å²) in [5.74, 6) is -0.276. The molecule has 2 aliphatic rings. The summed E-state index contributed by atoms with van der Waals surface area (Å²) in [6.45, 7) is 0.932. The molecule has 1 aromatic rings. The maximum absolute atomic E-state index is 12.2. The molecule has 0 bridgehead atoms. The van der Waals surface area contributed by atoms with E-state index >= 15 is 0 Å². The molecule has 2 heterocycles. The zero-order valence-corrected chi connectivity index (χ0v) is 12.7. The van der Waals surface area contributed by atoms with Crippen LogP contribution in [0.25, 0.3) is 0 Å². The number of aryl methyl sites for hydroxylation is 1. The van der Waals surface area contributed by atoms with Gasteiger partial charge in [-0.1, -0.05) is 12.5 Å². The van der Waals surface area contributed by atoms with Crippen LogP contribution >= 0.6 is 0 Å². The largest absolute Gasteiger partial charge is 0.385 e. The van der Waals surface area contributed by atoms with E-state index in [4.69, 9.17) is 0 Å². The Morgan fingerprint density at radius 1 is 1.24 bits per heavy atom. The van der Waals surface area contributed by atoms with Crippen LogP contribution in [0.2, 0.25) is 0 Å². The van der Waals surface area contributed by atoms with Crippen molar-refractivity contribution in [1.82, 2.24) is 0 Å². The maximum Gasteiger partial charge on any atom is 0.242 e. The summed E-state index contributed by atoms with van der Waals surface area (Å²) >= 11 is 0. The second-order valence-electron chi connectivity index (χ2n) is 5.74. The summed E-state index contributed by atoms with van der Waals surface area (Å²) in [4.78, 5) is 12.2. The van der Waals surface area contributed by atoms with E-state index in [1.165, 1.54) is 5.56 Å². The number of anilines is 2. The Labute approximate surface area is 125 Å². The quantitative estimate of drug-likeness (QED) is 0.875. The number of nitrogens with one attached hydrogen (secondary N) is 2. The van der Waals surface area contributed by atoms with Crippen molar-refractivity contribution in [2.45, 2.75) is 37.4 Å². The van der Waals surface area contributed by atoms with Gasteiger partial charge in [-0.2, -0.15) is 0 Å². The molecule has 1 aromatic carbocycles. The molecule has 114 valence electrons. The molecule has 0 spiro atoms. The highest BCUT2D eigenvalue weighted by Crippen LogP contribution is 2.26. The Balaban J connectivity index is 1.75. The van der Waals surface area contributed by atoms with Gasteiger partial charge in [0.25, 0.3) is 0 Å². The first-order valence-corrected chi connectivity index (χ1v) is 9.17. The van der Waals surface area contributed by atoms with Crippen molar-refractivity contribution in [3.05, 3.63) is 23.8 Å². The topological polar surface area (TPSA) is 75.3 Å². The molecule has 0 saturated carbocycles. The van der Waals surface area contributed by atoms with Gasteiger partial charge in [0.2, 0.25) is 5.91 Å². The van der Waals surface area contributed by atoms with E-state index in [1.807, 2.05) is 18.2 Å². The molecule has 0 radical (unpaired) electrons. The summed E-state index contributed by atoms with van der Waals surface area (Å²) in [6, 6.07) is 5.73. The van der Waals surface area contributed by atoms with Crippen LogP contribution in [0.5, 0.6) is 0 Å². The molecule has 3 rings (SSSR count). The molecule has 0 aliphatic carbocycles. The first-order chi connectivity index (χ1) is 10.1. The molecule has 1 atom stereocenters. The van der Waals surface area contributed by atoms with Gasteiger partial charge < -0.3 is 10.6 Å². The van der Waals surface area contributed by atoms with Crippen molar-refractivity contribution in [3.8, 4) is 0 Å². The number of carbonyl (C=O) groups excluding carboxylic acids is 1. The summed E-state index contributed by atoms with van der Waals surface area (Å²) in [5.41, 5.74) is 2.93. The Hall–Kier alpha value is -1.56. The van der Waals surface area contributed by atoms with E-state index in [2.05, 4.69) is 10.6 Å². The highest BCUT2D eigenvalue weighted by Gasteiger charge is 2.34. The monoisotopic (exact) mass is 308 g/mol. The number of hydrogen-bond acceptors (Lipinski definition) is 4. The maximum atomic E-state index is 12.2. The normalized spacial score (nSPS) is 23.7. The standard InChI is InChI=1S/C15H20N2O3S/c18-15(14-5-1-2-9-21(14,19)20)17-12-7-6-11-4-3-8-16-13(11)10-12/h6-7,10,14,16H,1-5,8-9H2,(H,17,18). The second kappa shape index (κ2) is 5.67. The van der Waals surface area contributed by atoms with E-state index in [9.17, 15) is 13.2 Å². The van der Waals surface area contributed by atoms with E-state index in [1.54, 1.807) is 0 Å². The first kappa shape index (κ1) is 14.4. The van der Waals surface area contributed by atoms with Crippen molar-refractivity contribution in [1.29, 1.82) is 0 Å². The van der Waals surface area contributed by atoms with Crippen molar-refractivity contribution in [2.75, 3.05) is 22.9 Å². The van der Waals surface area contributed by atoms with Gasteiger partial charge in [-0.3, -0.25) is 4.79 Å². The molecular weight excluding hydrogens is 288 g/mol. The number of sulfone groups is 1. The van der Waals surface area contributed by atoms with Gasteiger partial charge in [0.05, 0.1) is 5.75 Å². The average molecular weight is 308 g/mol. The van der Waals surface area contributed by atoms with Crippen LogP contribution in [-0.4, -0.2) is 31.9 Å². The smallest absolute Gasteiger partial charge is 0.242 e. The van der Waals surface area contributed by atoms with Crippen LogP contribution in [0, 0.1) is 0 Å².